The average molecular weight is 336 g/mol. The lowest BCUT2D eigenvalue weighted by atomic mass is 10.1. The standard InChI is InChI=1S/C14H20N6O4/c1-23-13(21)11(3-9-5-15-7-17-9)19-20-12(14(22)24-2)4-10-6-16-8-18-10/h5-8,11-12,19-20H,3-4H2,1-2H3,(H,15,17)(H,16,18)/t11-,12?/m0/s1. The van der Waals surface area contributed by atoms with Crippen LogP contribution in [0.2, 0.25) is 0 Å². The van der Waals surface area contributed by atoms with Crippen LogP contribution in [0.1, 0.15) is 11.4 Å². The molecule has 0 amide bonds. The number of aromatic nitrogens is 4. The molecule has 0 bridgehead atoms. The molecule has 0 aromatic carbocycles. The van der Waals surface area contributed by atoms with Crippen LogP contribution in [0.3, 0.4) is 0 Å². The summed E-state index contributed by atoms with van der Waals surface area (Å²) in [7, 11) is 2.59. The van der Waals surface area contributed by atoms with E-state index in [9.17, 15) is 9.59 Å². The zero-order valence-corrected chi connectivity index (χ0v) is 13.4. The van der Waals surface area contributed by atoms with Crippen LogP contribution in [-0.2, 0) is 31.9 Å². The smallest absolute Gasteiger partial charge is 0.324 e. The van der Waals surface area contributed by atoms with E-state index in [4.69, 9.17) is 9.47 Å². The minimum absolute atomic E-state index is 0.291. The zero-order valence-electron chi connectivity index (χ0n) is 13.4. The Morgan fingerprint density at radius 2 is 1.38 bits per heavy atom. The van der Waals surface area contributed by atoms with Crippen LogP contribution in [0.25, 0.3) is 0 Å². The Balaban J connectivity index is 2.00. The van der Waals surface area contributed by atoms with Crippen molar-refractivity contribution in [2.75, 3.05) is 14.2 Å². The van der Waals surface area contributed by atoms with Crippen LogP contribution < -0.4 is 10.9 Å². The molecular weight excluding hydrogens is 316 g/mol. The van der Waals surface area contributed by atoms with E-state index in [2.05, 4.69) is 30.8 Å². The van der Waals surface area contributed by atoms with Gasteiger partial charge in [-0.25, -0.2) is 20.8 Å². The molecule has 0 aliphatic rings. The molecule has 24 heavy (non-hydrogen) atoms. The monoisotopic (exact) mass is 336 g/mol. The Morgan fingerprint density at radius 3 is 1.67 bits per heavy atom. The second kappa shape index (κ2) is 8.79. The maximum absolute atomic E-state index is 11.9. The van der Waals surface area contributed by atoms with Crippen LogP contribution in [0.4, 0.5) is 0 Å². The number of nitrogens with one attached hydrogen (secondary N) is 4. The van der Waals surface area contributed by atoms with E-state index in [1.54, 1.807) is 12.4 Å². The van der Waals surface area contributed by atoms with Gasteiger partial charge < -0.3 is 19.4 Å². The van der Waals surface area contributed by atoms with Crippen molar-refractivity contribution in [3.63, 3.8) is 0 Å². The Hall–Kier alpha value is -2.72. The Kier molecular flexibility index (Phi) is 6.46. The van der Waals surface area contributed by atoms with E-state index in [1.165, 1.54) is 26.9 Å². The van der Waals surface area contributed by atoms with Crippen LogP contribution in [0, 0.1) is 0 Å². The summed E-state index contributed by atoms with van der Waals surface area (Å²) in [6.07, 6.45) is 6.98. The number of aromatic amines is 2. The highest BCUT2D eigenvalue weighted by atomic mass is 16.5. The summed E-state index contributed by atoms with van der Waals surface area (Å²) in [5, 5.41) is 0. The van der Waals surface area contributed by atoms with E-state index in [-0.39, 0.29) is 0 Å². The summed E-state index contributed by atoms with van der Waals surface area (Å²) in [4.78, 5) is 37.6. The number of rotatable bonds is 9. The molecule has 10 nitrogen and oxygen atoms in total. The molecular formula is C14H20N6O4. The minimum atomic E-state index is -0.718. The van der Waals surface area contributed by atoms with E-state index < -0.39 is 24.0 Å². The Morgan fingerprint density at radius 1 is 0.958 bits per heavy atom. The van der Waals surface area contributed by atoms with Crippen LogP contribution in [0.15, 0.2) is 25.0 Å². The number of hydrazine groups is 1. The van der Waals surface area contributed by atoms with Gasteiger partial charge in [-0.15, -0.1) is 0 Å². The number of H-pyrrole nitrogens is 2. The number of hydrogen-bond donors (Lipinski definition) is 4. The molecule has 2 aromatic rings. The first-order valence-electron chi connectivity index (χ1n) is 7.26. The molecule has 4 N–H and O–H groups in total. The highest BCUT2D eigenvalue weighted by Crippen LogP contribution is 2.02. The van der Waals surface area contributed by atoms with Gasteiger partial charge in [0.1, 0.15) is 12.1 Å². The summed E-state index contributed by atoms with van der Waals surface area (Å²) in [6.45, 7) is 0. The fourth-order valence-electron chi connectivity index (χ4n) is 2.10. The van der Waals surface area contributed by atoms with Gasteiger partial charge in [0.2, 0.25) is 0 Å². The first-order chi connectivity index (χ1) is 11.6. The third kappa shape index (κ3) is 4.89. The van der Waals surface area contributed by atoms with Crippen molar-refractivity contribution in [3.8, 4) is 0 Å². The molecule has 0 saturated carbocycles. The van der Waals surface area contributed by atoms with Crippen LogP contribution >= 0.6 is 0 Å². The number of ether oxygens (including phenoxy) is 2. The predicted octanol–water partition coefficient (Wildman–Crippen LogP) is -0.905. The van der Waals surface area contributed by atoms with E-state index in [1.807, 2.05) is 0 Å². The van der Waals surface area contributed by atoms with Gasteiger partial charge >= 0.3 is 11.9 Å². The van der Waals surface area contributed by atoms with Crippen molar-refractivity contribution in [2.24, 2.45) is 0 Å². The average Bonchev–Trinajstić information content (AvgIpc) is 3.29. The summed E-state index contributed by atoms with van der Waals surface area (Å²) in [5.41, 5.74) is 7.00. The number of carbonyl (C=O) groups excluding carboxylic acids is 2. The molecule has 2 heterocycles. The third-order valence-electron chi connectivity index (χ3n) is 3.34. The first-order valence-corrected chi connectivity index (χ1v) is 7.26. The predicted molar refractivity (Wildman–Crippen MR) is 82.5 cm³/mol. The lowest BCUT2D eigenvalue weighted by Gasteiger charge is -2.21. The minimum Gasteiger partial charge on any atom is -0.468 e. The molecule has 0 aliphatic heterocycles. The molecule has 0 radical (unpaired) electrons. The van der Waals surface area contributed by atoms with Crippen molar-refractivity contribution in [1.82, 2.24) is 30.8 Å². The molecule has 2 aromatic heterocycles. The van der Waals surface area contributed by atoms with Crippen molar-refractivity contribution in [3.05, 3.63) is 36.4 Å². The van der Waals surface area contributed by atoms with E-state index >= 15 is 0 Å². The summed E-state index contributed by atoms with van der Waals surface area (Å²) >= 11 is 0. The highest BCUT2D eigenvalue weighted by molar-refractivity contribution is 5.77. The lowest BCUT2D eigenvalue weighted by molar-refractivity contribution is -0.146. The number of carbonyl (C=O) groups is 2. The molecule has 0 spiro atoms. The summed E-state index contributed by atoms with van der Waals surface area (Å²) in [5.74, 6) is -0.956. The maximum atomic E-state index is 11.9. The Bertz CT molecular complexity index is 572. The topological polar surface area (TPSA) is 134 Å². The lowest BCUT2D eigenvalue weighted by Crippen LogP contribution is -2.54. The largest absolute Gasteiger partial charge is 0.468 e. The molecule has 2 rings (SSSR count). The molecule has 130 valence electrons. The number of imidazole rings is 2. The molecule has 10 heteroatoms. The van der Waals surface area contributed by atoms with E-state index in [0.717, 1.165) is 0 Å². The fourth-order valence-corrected chi connectivity index (χ4v) is 2.10. The van der Waals surface area contributed by atoms with Crippen molar-refractivity contribution in [1.29, 1.82) is 0 Å². The summed E-state index contributed by atoms with van der Waals surface area (Å²) in [6, 6.07) is -1.44. The normalized spacial score (nSPS) is 13.2. The van der Waals surface area contributed by atoms with Gasteiger partial charge in [0.05, 0.1) is 38.3 Å². The van der Waals surface area contributed by atoms with E-state index in [0.29, 0.717) is 24.2 Å². The quantitative estimate of drug-likeness (QED) is 0.342. The maximum Gasteiger partial charge on any atom is 0.324 e. The highest BCUT2D eigenvalue weighted by Gasteiger charge is 2.25. The van der Waals surface area contributed by atoms with Gasteiger partial charge in [-0.1, -0.05) is 0 Å². The van der Waals surface area contributed by atoms with Crippen molar-refractivity contribution in [2.45, 2.75) is 24.9 Å². The van der Waals surface area contributed by atoms with Gasteiger partial charge in [-0.2, -0.15) is 0 Å². The van der Waals surface area contributed by atoms with Gasteiger partial charge in [-0.3, -0.25) is 9.59 Å². The molecule has 2 atom stereocenters. The second-order valence-electron chi connectivity index (χ2n) is 4.97. The molecule has 1 unspecified atom stereocenters. The number of hydrogen-bond acceptors (Lipinski definition) is 8. The van der Waals surface area contributed by atoms with Gasteiger partial charge in [0.25, 0.3) is 0 Å². The van der Waals surface area contributed by atoms with Gasteiger partial charge in [0, 0.05) is 25.2 Å². The molecule has 0 fully saturated rings. The molecule has 0 aliphatic carbocycles. The third-order valence-corrected chi connectivity index (χ3v) is 3.34. The first kappa shape index (κ1) is 17.6. The number of methoxy groups -OCH3 is 2. The van der Waals surface area contributed by atoms with Crippen molar-refractivity contribution < 1.29 is 19.1 Å². The number of nitrogens with zero attached hydrogens (tertiary/aromatic N) is 2. The van der Waals surface area contributed by atoms with Gasteiger partial charge in [-0.05, 0) is 0 Å². The SMILES string of the molecule is COC(=O)C(Cc1c[nH]cn1)NN[C@@H](Cc1c[nH]cn1)C(=O)OC. The molecule has 0 saturated heterocycles. The van der Waals surface area contributed by atoms with Crippen LogP contribution in [-0.4, -0.2) is 58.2 Å². The Labute approximate surface area is 138 Å². The number of esters is 2. The summed E-state index contributed by atoms with van der Waals surface area (Å²) < 4.78 is 9.55. The second-order valence-corrected chi connectivity index (χ2v) is 4.97. The van der Waals surface area contributed by atoms with Gasteiger partial charge in [0.15, 0.2) is 0 Å². The van der Waals surface area contributed by atoms with Crippen molar-refractivity contribution >= 4 is 11.9 Å². The fraction of sp³-hybridized carbons (Fsp3) is 0.429. The zero-order chi connectivity index (χ0) is 17.4. The van der Waals surface area contributed by atoms with Crippen LogP contribution in [0.5, 0.6) is 0 Å².